The van der Waals surface area contributed by atoms with Crippen molar-refractivity contribution < 1.29 is 9.90 Å². The highest BCUT2D eigenvalue weighted by atomic mass is 16.3. The molecule has 0 radical (unpaired) electrons. The Morgan fingerprint density at radius 1 is 1.15 bits per heavy atom. The van der Waals surface area contributed by atoms with Gasteiger partial charge in [0.15, 0.2) is 0 Å². The van der Waals surface area contributed by atoms with Crippen molar-refractivity contribution in [2.75, 3.05) is 0 Å². The van der Waals surface area contributed by atoms with Gasteiger partial charge in [-0.1, -0.05) is 30.3 Å². The highest BCUT2D eigenvalue weighted by Crippen LogP contribution is 2.31. The largest absolute Gasteiger partial charge is 0.392 e. The van der Waals surface area contributed by atoms with Crippen LogP contribution in [-0.2, 0) is 4.79 Å². The third-order valence-corrected chi connectivity index (χ3v) is 2.58. The highest BCUT2D eigenvalue weighted by molar-refractivity contribution is 5.82. The Labute approximate surface area is 77.2 Å². The summed E-state index contributed by atoms with van der Waals surface area (Å²) in [7, 11) is 0. The first-order chi connectivity index (χ1) is 6.27. The predicted molar refractivity (Wildman–Crippen MR) is 49.4 cm³/mol. The van der Waals surface area contributed by atoms with Crippen LogP contribution in [0, 0.1) is 0 Å². The second kappa shape index (κ2) is 3.30. The van der Waals surface area contributed by atoms with Crippen LogP contribution in [0.25, 0.3) is 0 Å². The van der Waals surface area contributed by atoms with Crippen LogP contribution in [0.15, 0.2) is 30.3 Å². The lowest BCUT2D eigenvalue weighted by atomic mass is 9.96. The van der Waals surface area contributed by atoms with Gasteiger partial charge in [0.2, 0.25) is 0 Å². The molecule has 1 aromatic carbocycles. The number of aliphatic hydroxyl groups is 1. The van der Waals surface area contributed by atoms with Gasteiger partial charge in [-0.05, 0) is 5.56 Å². The van der Waals surface area contributed by atoms with E-state index < -0.39 is 6.10 Å². The zero-order valence-corrected chi connectivity index (χ0v) is 7.31. The van der Waals surface area contributed by atoms with Crippen LogP contribution < -0.4 is 0 Å². The van der Waals surface area contributed by atoms with E-state index in [1.807, 2.05) is 30.3 Å². The number of ketones is 1. The molecule has 1 N–H and O–H groups in total. The Kier molecular flexibility index (Phi) is 2.15. The highest BCUT2D eigenvalue weighted by Gasteiger charge is 2.32. The van der Waals surface area contributed by atoms with Crippen LogP contribution in [0.3, 0.4) is 0 Å². The topological polar surface area (TPSA) is 37.3 Å². The second-order valence-corrected chi connectivity index (χ2v) is 3.53. The van der Waals surface area contributed by atoms with E-state index in [1.165, 1.54) is 0 Å². The van der Waals surface area contributed by atoms with Gasteiger partial charge in [0.25, 0.3) is 0 Å². The number of benzene rings is 1. The number of rotatable bonds is 1. The fourth-order valence-electron chi connectivity index (χ4n) is 1.88. The van der Waals surface area contributed by atoms with Gasteiger partial charge in [-0.15, -0.1) is 0 Å². The van der Waals surface area contributed by atoms with Crippen molar-refractivity contribution in [1.82, 2.24) is 0 Å². The molecule has 68 valence electrons. The summed E-state index contributed by atoms with van der Waals surface area (Å²) in [5.41, 5.74) is 1.07. The molecule has 0 amide bonds. The van der Waals surface area contributed by atoms with Crippen molar-refractivity contribution >= 4 is 5.78 Å². The monoisotopic (exact) mass is 176 g/mol. The minimum Gasteiger partial charge on any atom is -0.392 e. The standard InChI is InChI=1S/C11H12O2/c12-9-6-10(11(13)7-9)8-4-2-1-3-5-8/h1-5,10-11,13H,6-7H2/t10-,11-/m0/s1. The Bertz CT molecular complexity index is 305. The van der Waals surface area contributed by atoms with E-state index in [0.717, 1.165) is 5.56 Å². The molecule has 2 rings (SSSR count). The van der Waals surface area contributed by atoms with Gasteiger partial charge in [-0.2, -0.15) is 0 Å². The summed E-state index contributed by atoms with van der Waals surface area (Å²) in [5, 5.41) is 9.59. The molecule has 2 atom stereocenters. The van der Waals surface area contributed by atoms with Crippen molar-refractivity contribution in [2.24, 2.45) is 0 Å². The molecule has 0 heterocycles. The van der Waals surface area contributed by atoms with Gasteiger partial charge in [-0.3, -0.25) is 4.79 Å². The minimum atomic E-state index is -0.477. The number of hydrogen-bond acceptors (Lipinski definition) is 2. The third-order valence-electron chi connectivity index (χ3n) is 2.58. The summed E-state index contributed by atoms with van der Waals surface area (Å²) in [5.74, 6) is 0.190. The van der Waals surface area contributed by atoms with E-state index in [4.69, 9.17) is 0 Å². The van der Waals surface area contributed by atoms with Crippen molar-refractivity contribution in [3.8, 4) is 0 Å². The first-order valence-corrected chi connectivity index (χ1v) is 4.52. The maximum absolute atomic E-state index is 11.1. The van der Waals surface area contributed by atoms with Gasteiger partial charge in [0, 0.05) is 18.8 Å². The second-order valence-electron chi connectivity index (χ2n) is 3.53. The van der Waals surface area contributed by atoms with E-state index in [-0.39, 0.29) is 11.7 Å². The molecule has 0 aromatic heterocycles. The molecular formula is C11H12O2. The Hall–Kier alpha value is -1.15. The normalized spacial score (nSPS) is 27.9. The molecule has 0 spiro atoms. The maximum atomic E-state index is 11.1. The summed E-state index contributed by atoms with van der Waals surface area (Å²) in [6, 6.07) is 9.74. The van der Waals surface area contributed by atoms with E-state index in [9.17, 15) is 9.90 Å². The van der Waals surface area contributed by atoms with Crippen molar-refractivity contribution in [3.63, 3.8) is 0 Å². The van der Waals surface area contributed by atoms with Crippen LogP contribution >= 0.6 is 0 Å². The molecule has 13 heavy (non-hydrogen) atoms. The lowest BCUT2D eigenvalue weighted by Crippen LogP contribution is -2.10. The number of carbonyl (C=O) groups excluding carboxylic acids is 1. The van der Waals surface area contributed by atoms with Crippen LogP contribution in [0.5, 0.6) is 0 Å². The molecule has 1 aliphatic rings. The van der Waals surface area contributed by atoms with Gasteiger partial charge in [-0.25, -0.2) is 0 Å². The number of carbonyl (C=O) groups is 1. The molecule has 0 aliphatic heterocycles. The Morgan fingerprint density at radius 2 is 1.85 bits per heavy atom. The van der Waals surface area contributed by atoms with E-state index in [1.54, 1.807) is 0 Å². The van der Waals surface area contributed by atoms with Gasteiger partial charge < -0.3 is 5.11 Å². The van der Waals surface area contributed by atoms with Gasteiger partial charge in [0.1, 0.15) is 5.78 Å². The summed E-state index contributed by atoms with van der Waals surface area (Å²) >= 11 is 0. The Balaban J connectivity index is 2.23. The fraction of sp³-hybridized carbons (Fsp3) is 0.364. The van der Waals surface area contributed by atoms with Crippen molar-refractivity contribution in [2.45, 2.75) is 24.9 Å². The SMILES string of the molecule is O=C1C[C@H](O)[C@H](c2ccccc2)C1. The number of hydrogen-bond donors (Lipinski definition) is 1. The van der Waals surface area contributed by atoms with Gasteiger partial charge >= 0.3 is 0 Å². The molecule has 0 bridgehead atoms. The van der Waals surface area contributed by atoms with Crippen LogP contribution in [0.1, 0.15) is 24.3 Å². The lowest BCUT2D eigenvalue weighted by Gasteiger charge is -2.12. The zero-order chi connectivity index (χ0) is 9.26. The van der Waals surface area contributed by atoms with Gasteiger partial charge in [0.05, 0.1) is 6.10 Å². The summed E-state index contributed by atoms with van der Waals surface area (Å²) in [4.78, 5) is 11.1. The summed E-state index contributed by atoms with van der Waals surface area (Å²) < 4.78 is 0. The molecule has 1 fully saturated rings. The van der Waals surface area contributed by atoms with Crippen LogP contribution in [-0.4, -0.2) is 17.0 Å². The molecular weight excluding hydrogens is 164 g/mol. The molecule has 1 aliphatic carbocycles. The molecule has 1 saturated carbocycles. The number of aliphatic hydroxyl groups excluding tert-OH is 1. The van der Waals surface area contributed by atoms with E-state index >= 15 is 0 Å². The first kappa shape index (κ1) is 8.45. The molecule has 2 heteroatoms. The van der Waals surface area contributed by atoms with E-state index in [0.29, 0.717) is 12.8 Å². The van der Waals surface area contributed by atoms with Crippen molar-refractivity contribution in [1.29, 1.82) is 0 Å². The molecule has 2 nitrogen and oxygen atoms in total. The average molecular weight is 176 g/mol. The molecule has 0 saturated heterocycles. The number of Topliss-reactive ketones (excluding diaryl/α,β-unsaturated/α-hetero) is 1. The van der Waals surface area contributed by atoms with Crippen LogP contribution in [0.4, 0.5) is 0 Å². The quantitative estimate of drug-likeness (QED) is 0.704. The molecule has 1 aromatic rings. The first-order valence-electron chi connectivity index (χ1n) is 4.52. The summed E-state index contributed by atoms with van der Waals surface area (Å²) in [6.45, 7) is 0. The fourth-order valence-corrected chi connectivity index (χ4v) is 1.88. The molecule has 0 unspecified atom stereocenters. The maximum Gasteiger partial charge on any atom is 0.136 e. The Morgan fingerprint density at radius 3 is 2.38 bits per heavy atom. The predicted octanol–water partition coefficient (Wildman–Crippen LogP) is 1.49. The van der Waals surface area contributed by atoms with E-state index in [2.05, 4.69) is 0 Å². The minimum absolute atomic E-state index is 0.0219. The lowest BCUT2D eigenvalue weighted by molar-refractivity contribution is -0.117. The van der Waals surface area contributed by atoms with Crippen molar-refractivity contribution in [3.05, 3.63) is 35.9 Å². The smallest absolute Gasteiger partial charge is 0.136 e. The average Bonchev–Trinajstić information content (AvgIpc) is 2.47. The zero-order valence-electron chi connectivity index (χ0n) is 7.31. The van der Waals surface area contributed by atoms with Crippen LogP contribution in [0.2, 0.25) is 0 Å². The summed E-state index contributed by atoms with van der Waals surface area (Å²) in [6.07, 6.45) is 0.333. The third kappa shape index (κ3) is 1.63.